The van der Waals surface area contributed by atoms with Crippen molar-refractivity contribution in [2.24, 2.45) is 11.8 Å². The van der Waals surface area contributed by atoms with Crippen LogP contribution in [0, 0.1) is 11.8 Å². The third-order valence-corrected chi connectivity index (χ3v) is 7.96. The summed E-state index contributed by atoms with van der Waals surface area (Å²) < 4.78 is 17.6. The van der Waals surface area contributed by atoms with Crippen LogP contribution in [0.15, 0.2) is 48.6 Å². The Balaban J connectivity index is 1.42. The van der Waals surface area contributed by atoms with Gasteiger partial charge in [-0.3, -0.25) is 0 Å². The molecule has 0 aromatic heterocycles. The lowest BCUT2D eigenvalue weighted by molar-refractivity contribution is -0.148. The van der Waals surface area contributed by atoms with E-state index in [2.05, 4.69) is 25.7 Å². The zero-order valence-corrected chi connectivity index (χ0v) is 21.7. The second-order valence-electron chi connectivity index (χ2n) is 11.3. The Morgan fingerprint density at radius 1 is 1.11 bits per heavy atom. The molecule has 1 saturated carbocycles. The summed E-state index contributed by atoms with van der Waals surface area (Å²) in [6.45, 7) is 6.43. The van der Waals surface area contributed by atoms with Gasteiger partial charge in [0.1, 0.15) is 18.3 Å². The summed E-state index contributed by atoms with van der Waals surface area (Å²) in [5.41, 5.74) is 1.01. The molecular formula is C30H44O6. The summed E-state index contributed by atoms with van der Waals surface area (Å²) in [7, 11) is 0. The average Bonchev–Trinajstić information content (AvgIpc) is 3.61. The van der Waals surface area contributed by atoms with Gasteiger partial charge in [-0.1, -0.05) is 62.3 Å². The third kappa shape index (κ3) is 8.41. The minimum atomic E-state index is -0.924. The van der Waals surface area contributed by atoms with Crippen molar-refractivity contribution in [2.45, 2.75) is 120 Å². The van der Waals surface area contributed by atoms with E-state index in [4.69, 9.17) is 14.2 Å². The highest BCUT2D eigenvalue weighted by atomic mass is 16.6. The second-order valence-corrected chi connectivity index (χ2v) is 11.3. The minimum Gasteiger partial charge on any atom is -0.456 e. The van der Waals surface area contributed by atoms with Crippen LogP contribution in [0.4, 0.5) is 0 Å². The number of esters is 1. The largest absolute Gasteiger partial charge is 0.456 e. The number of cyclic esters (lactones) is 1. The van der Waals surface area contributed by atoms with Crippen LogP contribution in [-0.4, -0.2) is 58.9 Å². The molecule has 2 unspecified atom stereocenters. The summed E-state index contributed by atoms with van der Waals surface area (Å²) in [6.07, 6.45) is 18.3. The van der Waals surface area contributed by atoms with Gasteiger partial charge < -0.3 is 24.4 Å². The number of aliphatic hydroxyl groups is 2. The van der Waals surface area contributed by atoms with Crippen molar-refractivity contribution in [3.8, 4) is 0 Å². The molecule has 0 radical (unpaired) electrons. The number of carbonyl (C=O) groups excluding carboxylic acids is 1. The number of ether oxygens (including phenoxy) is 3. The van der Waals surface area contributed by atoms with Crippen LogP contribution in [0.25, 0.3) is 0 Å². The van der Waals surface area contributed by atoms with Crippen LogP contribution in [0.5, 0.6) is 0 Å². The van der Waals surface area contributed by atoms with Gasteiger partial charge in [-0.05, 0) is 63.2 Å². The summed E-state index contributed by atoms with van der Waals surface area (Å²) in [4.78, 5) is 12.6. The summed E-state index contributed by atoms with van der Waals surface area (Å²) in [5.74, 6) is 0.658. The van der Waals surface area contributed by atoms with Crippen LogP contribution in [0.1, 0.15) is 77.6 Å². The average molecular weight is 501 g/mol. The zero-order chi connectivity index (χ0) is 25.5. The van der Waals surface area contributed by atoms with Crippen LogP contribution < -0.4 is 0 Å². The number of fused-ring (bicyclic) bond motifs is 3. The first-order chi connectivity index (χ1) is 17.4. The van der Waals surface area contributed by atoms with Crippen molar-refractivity contribution in [3.05, 3.63) is 48.6 Å². The molecule has 2 N–H and O–H groups in total. The van der Waals surface area contributed by atoms with E-state index >= 15 is 0 Å². The number of rotatable bonds is 3. The molecule has 3 heterocycles. The monoisotopic (exact) mass is 500 g/mol. The normalized spacial score (nSPS) is 40.5. The predicted octanol–water partition coefficient (Wildman–Crippen LogP) is 4.95. The molecule has 4 aliphatic rings. The molecule has 6 heteroatoms. The van der Waals surface area contributed by atoms with E-state index in [1.54, 1.807) is 12.2 Å². The molecule has 36 heavy (non-hydrogen) atoms. The molecule has 2 fully saturated rings. The quantitative estimate of drug-likeness (QED) is 0.324. The maximum Gasteiger partial charge on any atom is 0.330 e. The highest BCUT2D eigenvalue weighted by Gasteiger charge is 2.46. The first kappa shape index (κ1) is 27.3. The molecule has 200 valence electrons. The van der Waals surface area contributed by atoms with E-state index in [9.17, 15) is 15.0 Å². The molecule has 1 saturated heterocycles. The van der Waals surface area contributed by atoms with Gasteiger partial charge in [0, 0.05) is 12.5 Å². The number of allylic oxidation sites excluding steroid dienone is 1. The predicted molar refractivity (Wildman–Crippen MR) is 139 cm³/mol. The molecule has 0 aromatic rings. The fraction of sp³-hybridized carbons (Fsp3) is 0.700. The van der Waals surface area contributed by atoms with Crippen molar-refractivity contribution >= 4 is 5.97 Å². The lowest BCUT2D eigenvalue weighted by atomic mass is 9.82. The van der Waals surface area contributed by atoms with Crippen LogP contribution in [0.3, 0.4) is 0 Å². The number of carbonyl (C=O) groups is 1. The Labute approximate surface area is 216 Å². The van der Waals surface area contributed by atoms with Gasteiger partial charge in [0.15, 0.2) is 0 Å². The lowest BCUT2D eigenvalue weighted by Gasteiger charge is -2.26. The molecule has 6 nitrogen and oxygen atoms in total. The number of hydrogen-bond acceptors (Lipinski definition) is 6. The van der Waals surface area contributed by atoms with E-state index in [0.717, 1.165) is 44.1 Å². The summed E-state index contributed by atoms with van der Waals surface area (Å²) in [5, 5.41) is 21.6. The Kier molecular flexibility index (Phi) is 10.00. The molecular weight excluding hydrogens is 456 g/mol. The van der Waals surface area contributed by atoms with Crippen molar-refractivity contribution in [1.82, 2.24) is 0 Å². The highest BCUT2D eigenvalue weighted by Crippen LogP contribution is 2.35. The Hall–Kier alpha value is -1.73. The topological polar surface area (TPSA) is 88.5 Å². The molecule has 2 bridgehead atoms. The molecule has 0 spiro atoms. The molecule has 0 amide bonds. The van der Waals surface area contributed by atoms with Crippen molar-refractivity contribution in [3.63, 3.8) is 0 Å². The summed E-state index contributed by atoms with van der Waals surface area (Å²) in [6, 6.07) is 0. The van der Waals surface area contributed by atoms with E-state index < -0.39 is 24.3 Å². The first-order valence-corrected chi connectivity index (χ1v) is 13.9. The van der Waals surface area contributed by atoms with Crippen molar-refractivity contribution < 1.29 is 29.2 Å². The molecule has 0 aromatic carbocycles. The van der Waals surface area contributed by atoms with Crippen molar-refractivity contribution in [2.75, 3.05) is 0 Å². The van der Waals surface area contributed by atoms with Crippen molar-refractivity contribution in [1.29, 1.82) is 0 Å². The van der Waals surface area contributed by atoms with E-state index in [0.29, 0.717) is 31.1 Å². The fourth-order valence-corrected chi connectivity index (χ4v) is 5.85. The Morgan fingerprint density at radius 2 is 1.97 bits per heavy atom. The Bertz CT molecular complexity index is 831. The van der Waals surface area contributed by atoms with Gasteiger partial charge in [-0.25, -0.2) is 4.79 Å². The standard InChI is InChI=1S/C30H44O6/c1-20-7-3-9-22(17-20)15-16-25(31)27-19-28-30(36-28)26(32)18-21(2)8-4-10-23-11-5-12-24(34-23)13-6-14-29(33)35-27/h5-6,12,14-16,20,22-28,30-32H,2-4,7-11,13,17-19H2,1H3/b14-6-,16-15+/t20?,22?,23-,24+,25+,26+,27+,28+,30+/m1/s1. The maximum atomic E-state index is 12.6. The smallest absolute Gasteiger partial charge is 0.330 e. The van der Waals surface area contributed by atoms with Crippen LogP contribution in [-0.2, 0) is 19.0 Å². The highest BCUT2D eigenvalue weighted by molar-refractivity contribution is 5.82. The molecule has 1 aliphatic carbocycles. The van der Waals surface area contributed by atoms with E-state index in [1.807, 2.05) is 6.08 Å². The summed E-state index contributed by atoms with van der Waals surface area (Å²) >= 11 is 0. The number of aliphatic hydroxyl groups excluding tert-OH is 2. The van der Waals surface area contributed by atoms with Gasteiger partial charge in [0.25, 0.3) is 0 Å². The SMILES string of the molecule is C=C1CCC[C@@H]2CC=C[C@@H](C/C=C\C(=O)O[C@H]([C@@H](O)/C=C/C3CCCC(C)C3)C[C@@H]3O[C@H]3[C@@H](O)C1)O2. The van der Waals surface area contributed by atoms with Gasteiger partial charge in [-0.2, -0.15) is 0 Å². The van der Waals surface area contributed by atoms with Crippen LogP contribution >= 0.6 is 0 Å². The fourth-order valence-electron chi connectivity index (χ4n) is 5.85. The molecule has 4 rings (SSSR count). The lowest BCUT2D eigenvalue weighted by Crippen LogP contribution is -2.32. The number of hydrogen-bond donors (Lipinski definition) is 2. The Morgan fingerprint density at radius 3 is 2.81 bits per heavy atom. The minimum absolute atomic E-state index is 0.0560. The van der Waals surface area contributed by atoms with Gasteiger partial charge in [-0.15, -0.1) is 0 Å². The third-order valence-electron chi connectivity index (χ3n) is 7.96. The molecule has 3 aliphatic heterocycles. The van der Waals surface area contributed by atoms with E-state index in [1.165, 1.54) is 18.9 Å². The second kappa shape index (κ2) is 13.2. The van der Waals surface area contributed by atoms with Gasteiger partial charge in [0.05, 0.1) is 24.4 Å². The van der Waals surface area contributed by atoms with Gasteiger partial charge in [0.2, 0.25) is 0 Å². The number of epoxide rings is 1. The van der Waals surface area contributed by atoms with Crippen LogP contribution in [0.2, 0.25) is 0 Å². The zero-order valence-electron chi connectivity index (χ0n) is 21.7. The maximum absolute atomic E-state index is 12.6. The van der Waals surface area contributed by atoms with Gasteiger partial charge >= 0.3 is 5.97 Å². The molecule has 9 atom stereocenters. The van der Waals surface area contributed by atoms with E-state index in [-0.39, 0.29) is 24.4 Å². The first-order valence-electron chi connectivity index (χ1n) is 13.9.